The van der Waals surface area contributed by atoms with E-state index < -0.39 is 35.8 Å². The minimum absolute atomic E-state index is 0.0891. The summed E-state index contributed by atoms with van der Waals surface area (Å²) in [5.74, 6) is -1.75. The molecule has 0 saturated heterocycles. The maximum absolute atomic E-state index is 11.7. The lowest BCUT2D eigenvalue weighted by Gasteiger charge is -2.22. The highest BCUT2D eigenvalue weighted by Gasteiger charge is 2.25. The van der Waals surface area contributed by atoms with Gasteiger partial charge in [0.05, 0.1) is 6.42 Å². The number of carbonyl (C=O) groups excluding carboxylic acids is 2. The lowest BCUT2D eigenvalue weighted by atomic mass is 10.1. The largest absolute Gasteiger partial charge is 0.479 e. The summed E-state index contributed by atoms with van der Waals surface area (Å²) in [5.41, 5.74) is -0.629. The summed E-state index contributed by atoms with van der Waals surface area (Å²) in [6.45, 7) is 10.5. The van der Waals surface area contributed by atoms with Crippen LogP contribution in [0.4, 0.5) is 4.79 Å². The number of nitrogens with one attached hydrogen (secondary N) is 1. The fraction of sp³-hybridized carbons (Fsp3) is 0.800. The highest BCUT2D eigenvalue weighted by Crippen LogP contribution is 2.11. The van der Waals surface area contributed by atoms with Crippen molar-refractivity contribution in [3.63, 3.8) is 0 Å². The minimum Gasteiger partial charge on any atom is -0.479 e. The van der Waals surface area contributed by atoms with E-state index in [1.807, 2.05) is 13.8 Å². The van der Waals surface area contributed by atoms with Gasteiger partial charge >= 0.3 is 18.0 Å². The number of rotatable bonds is 7. The van der Waals surface area contributed by atoms with Crippen LogP contribution in [0.3, 0.4) is 0 Å². The predicted octanol–water partition coefficient (Wildman–Crippen LogP) is 2.33. The molecule has 0 radical (unpaired) electrons. The summed E-state index contributed by atoms with van der Waals surface area (Å²) in [7, 11) is 0. The average Bonchev–Trinajstić information content (AvgIpc) is 2.23. The monoisotopic (exact) mass is 317 g/mol. The molecule has 7 nitrogen and oxygen atoms in total. The molecule has 0 heterocycles. The topological polar surface area (TPSA) is 102 Å². The standard InChI is InChI=1S/C15H27NO6/c1-9(2)7-11(13(18)19)21-12(17)8-10(3)16-14(20)22-15(4,5)6/h9-11H,7-8H2,1-6H3,(H,16,20)(H,18,19)/t10?,11-/m0/s1. The summed E-state index contributed by atoms with van der Waals surface area (Å²) in [6, 6.07) is -0.518. The van der Waals surface area contributed by atoms with Crippen LogP contribution in [0.2, 0.25) is 0 Å². The van der Waals surface area contributed by atoms with Crippen molar-refractivity contribution < 1.29 is 29.0 Å². The van der Waals surface area contributed by atoms with Crippen LogP contribution < -0.4 is 5.32 Å². The number of hydrogen-bond donors (Lipinski definition) is 2. The average molecular weight is 317 g/mol. The summed E-state index contributed by atoms with van der Waals surface area (Å²) in [4.78, 5) is 34.3. The Kier molecular flexibility index (Phi) is 7.90. The SMILES string of the molecule is CC(C)C[C@H](OC(=O)CC(C)NC(=O)OC(C)(C)C)C(=O)O. The Morgan fingerprint density at radius 1 is 1.14 bits per heavy atom. The first-order valence-corrected chi connectivity index (χ1v) is 7.32. The molecule has 0 aromatic heterocycles. The molecule has 0 rings (SSSR count). The lowest BCUT2D eigenvalue weighted by Crippen LogP contribution is -2.39. The van der Waals surface area contributed by atoms with E-state index in [1.54, 1.807) is 27.7 Å². The smallest absolute Gasteiger partial charge is 0.407 e. The van der Waals surface area contributed by atoms with Gasteiger partial charge < -0.3 is 19.9 Å². The zero-order valence-corrected chi connectivity index (χ0v) is 14.1. The number of carbonyl (C=O) groups is 3. The van der Waals surface area contributed by atoms with Crippen molar-refractivity contribution >= 4 is 18.0 Å². The third-order valence-electron chi connectivity index (χ3n) is 2.47. The van der Waals surface area contributed by atoms with Gasteiger partial charge in [-0.25, -0.2) is 9.59 Å². The molecule has 1 unspecified atom stereocenters. The van der Waals surface area contributed by atoms with Crippen molar-refractivity contribution in [2.45, 2.75) is 72.1 Å². The van der Waals surface area contributed by atoms with E-state index in [2.05, 4.69) is 5.32 Å². The van der Waals surface area contributed by atoms with Gasteiger partial charge in [-0.05, 0) is 40.0 Å². The number of esters is 1. The summed E-state index contributed by atoms with van der Waals surface area (Å²) < 4.78 is 10.0. The van der Waals surface area contributed by atoms with E-state index in [0.717, 1.165) is 0 Å². The van der Waals surface area contributed by atoms with Crippen molar-refractivity contribution in [1.82, 2.24) is 5.32 Å². The number of alkyl carbamates (subject to hydrolysis) is 1. The zero-order valence-electron chi connectivity index (χ0n) is 14.1. The van der Waals surface area contributed by atoms with Crippen molar-refractivity contribution in [3.05, 3.63) is 0 Å². The molecule has 0 bridgehead atoms. The molecular weight excluding hydrogens is 290 g/mol. The Bertz CT molecular complexity index is 399. The maximum atomic E-state index is 11.7. The Labute approximate surface area is 131 Å². The van der Waals surface area contributed by atoms with Gasteiger partial charge in [-0.15, -0.1) is 0 Å². The van der Waals surface area contributed by atoms with Crippen LogP contribution in [-0.4, -0.2) is 40.9 Å². The van der Waals surface area contributed by atoms with Crippen molar-refractivity contribution in [1.29, 1.82) is 0 Å². The molecule has 0 aliphatic rings. The molecule has 0 fully saturated rings. The molecule has 2 N–H and O–H groups in total. The Hall–Kier alpha value is -1.79. The molecule has 0 aliphatic carbocycles. The number of aliphatic carboxylic acids is 1. The third-order valence-corrected chi connectivity index (χ3v) is 2.47. The van der Waals surface area contributed by atoms with Crippen LogP contribution >= 0.6 is 0 Å². The first kappa shape index (κ1) is 20.2. The minimum atomic E-state index is -1.17. The van der Waals surface area contributed by atoms with Crippen molar-refractivity contribution in [2.75, 3.05) is 0 Å². The second kappa shape index (κ2) is 8.60. The fourth-order valence-corrected chi connectivity index (χ4v) is 1.64. The fourth-order valence-electron chi connectivity index (χ4n) is 1.64. The van der Waals surface area contributed by atoms with E-state index in [9.17, 15) is 14.4 Å². The van der Waals surface area contributed by atoms with Gasteiger partial charge in [-0.3, -0.25) is 4.79 Å². The predicted molar refractivity (Wildman–Crippen MR) is 80.4 cm³/mol. The van der Waals surface area contributed by atoms with E-state index in [1.165, 1.54) is 0 Å². The Morgan fingerprint density at radius 3 is 2.09 bits per heavy atom. The van der Waals surface area contributed by atoms with Crippen LogP contribution in [-0.2, 0) is 19.1 Å². The van der Waals surface area contributed by atoms with Crippen molar-refractivity contribution in [2.24, 2.45) is 5.92 Å². The van der Waals surface area contributed by atoms with E-state index in [4.69, 9.17) is 14.6 Å². The van der Waals surface area contributed by atoms with Crippen LogP contribution in [0.1, 0.15) is 54.4 Å². The van der Waals surface area contributed by atoms with Crippen LogP contribution in [0, 0.1) is 5.92 Å². The van der Waals surface area contributed by atoms with Gasteiger partial charge in [-0.2, -0.15) is 0 Å². The summed E-state index contributed by atoms with van der Waals surface area (Å²) >= 11 is 0. The molecule has 0 aliphatic heterocycles. The van der Waals surface area contributed by atoms with Crippen LogP contribution in [0.5, 0.6) is 0 Å². The number of carboxylic acid groups (broad SMARTS) is 1. The highest BCUT2D eigenvalue weighted by molar-refractivity contribution is 5.78. The van der Waals surface area contributed by atoms with Gasteiger partial charge in [-0.1, -0.05) is 13.8 Å². The van der Waals surface area contributed by atoms with Gasteiger partial charge in [0.25, 0.3) is 0 Å². The van der Waals surface area contributed by atoms with Gasteiger partial charge in [0, 0.05) is 6.04 Å². The molecule has 0 aromatic carbocycles. The Balaban J connectivity index is 4.34. The summed E-state index contributed by atoms with van der Waals surface area (Å²) in [5, 5.41) is 11.5. The maximum Gasteiger partial charge on any atom is 0.407 e. The van der Waals surface area contributed by atoms with E-state index in [-0.39, 0.29) is 18.8 Å². The number of amides is 1. The quantitative estimate of drug-likeness (QED) is 0.699. The van der Waals surface area contributed by atoms with E-state index in [0.29, 0.717) is 0 Å². The first-order chi connectivity index (χ1) is 9.90. The van der Waals surface area contributed by atoms with Crippen molar-refractivity contribution in [3.8, 4) is 0 Å². The molecule has 0 spiro atoms. The number of hydrogen-bond acceptors (Lipinski definition) is 5. The number of ether oxygens (including phenoxy) is 2. The normalized spacial score (nSPS) is 14.1. The van der Waals surface area contributed by atoms with Crippen LogP contribution in [0.25, 0.3) is 0 Å². The van der Waals surface area contributed by atoms with E-state index >= 15 is 0 Å². The second-order valence-corrected chi connectivity index (χ2v) is 6.70. The van der Waals surface area contributed by atoms with Crippen LogP contribution in [0.15, 0.2) is 0 Å². The highest BCUT2D eigenvalue weighted by atomic mass is 16.6. The van der Waals surface area contributed by atoms with Gasteiger partial charge in [0.15, 0.2) is 6.10 Å². The molecule has 1 amide bonds. The van der Waals surface area contributed by atoms with Gasteiger partial charge in [0.2, 0.25) is 0 Å². The third kappa shape index (κ3) is 10.0. The lowest BCUT2D eigenvalue weighted by molar-refractivity contribution is -0.165. The molecule has 128 valence electrons. The molecular formula is C15H27NO6. The molecule has 0 aromatic rings. The zero-order chi connectivity index (χ0) is 17.5. The first-order valence-electron chi connectivity index (χ1n) is 7.32. The Morgan fingerprint density at radius 2 is 1.68 bits per heavy atom. The summed E-state index contributed by atoms with van der Waals surface area (Å²) in [6.07, 6.45) is -1.68. The van der Waals surface area contributed by atoms with Gasteiger partial charge in [0.1, 0.15) is 5.60 Å². The molecule has 0 saturated carbocycles. The molecule has 22 heavy (non-hydrogen) atoms. The second-order valence-electron chi connectivity index (χ2n) is 6.70. The molecule has 7 heteroatoms. The number of carboxylic acids is 1. The molecule has 2 atom stereocenters.